The van der Waals surface area contributed by atoms with E-state index in [1.165, 1.54) is 18.2 Å². The lowest BCUT2D eigenvalue weighted by molar-refractivity contribution is -0.142. The highest BCUT2D eigenvalue weighted by atomic mass is 35.5. The largest absolute Gasteiger partial charge is 0.342 e. The van der Waals surface area contributed by atoms with E-state index in [4.69, 9.17) is 11.6 Å². The Morgan fingerprint density at radius 3 is 2.45 bits per heavy atom. The van der Waals surface area contributed by atoms with Crippen LogP contribution in [0.2, 0.25) is 5.02 Å². The number of amides is 3. The maximum Gasteiger partial charge on any atom is 0.257 e. The molecule has 3 rings (SSSR count). The predicted octanol–water partition coefficient (Wildman–Crippen LogP) is 2.80. The monoisotopic (exact) mass is 423 g/mol. The lowest BCUT2D eigenvalue weighted by Crippen LogP contribution is -2.54. The lowest BCUT2D eigenvalue weighted by atomic mass is 9.95. The molecule has 3 amide bonds. The van der Waals surface area contributed by atoms with Gasteiger partial charge in [0.05, 0.1) is 11.5 Å². The Morgan fingerprint density at radius 2 is 1.76 bits per heavy atom. The van der Waals surface area contributed by atoms with Gasteiger partial charge in [-0.2, -0.15) is 0 Å². The summed E-state index contributed by atoms with van der Waals surface area (Å²) in [5, 5.41) is 0.308. The summed E-state index contributed by atoms with van der Waals surface area (Å²) in [6, 6.07) is 3.92. The fourth-order valence-corrected chi connectivity index (χ4v) is 4.17. The first-order chi connectivity index (χ1) is 13.9. The summed E-state index contributed by atoms with van der Waals surface area (Å²) in [5.41, 5.74) is -0.0466. The number of piperazine rings is 1. The average molecular weight is 424 g/mol. The molecule has 29 heavy (non-hydrogen) atoms. The van der Waals surface area contributed by atoms with E-state index < -0.39 is 11.7 Å². The van der Waals surface area contributed by atoms with E-state index >= 15 is 0 Å². The topological polar surface area (TPSA) is 60.9 Å². The van der Waals surface area contributed by atoms with Crippen molar-refractivity contribution in [3.63, 3.8) is 0 Å². The first kappa shape index (κ1) is 21.6. The third-order valence-corrected chi connectivity index (χ3v) is 5.86. The van der Waals surface area contributed by atoms with Crippen molar-refractivity contribution in [1.82, 2.24) is 14.7 Å². The highest BCUT2D eigenvalue weighted by molar-refractivity contribution is 6.31. The molecule has 6 nitrogen and oxygen atoms in total. The molecule has 0 aromatic heterocycles. The zero-order chi connectivity index (χ0) is 21.0. The molecular weight excluding hydrogens is 397 g/mol. The average Bonchev–Trinajstić information content (AvgIpc) is 2.75. The van der Waals surface area contributed by atoms with Gasteiger partial charge in [-0.15, -0.1) is 0 Å². The third kappa shape index (κ3) is 5.07. The second-order valence-corrected chi connectivity index (χ2v) is 8.11. The molecule has 0 N–H and O–H groups in total. The molecule has 2 heterocycles. The normalized spacial score (nSPS) is 20.0. The van der Waals surface area contributed by atoms with Crippen LogP contribution in [-0.2, 0) is 9.59 Å². The quantitative estimate of drug-likeness (QED) is 0.748. The van der Waals surface area contributed by atoms with Gasteiger partial charge in [0.1, 0.15) is 5.82 Å². The zero-order valence-electron chi connectivity index (χ0n) is 16.7. The Kier molecular flexibility index (Phi) is 7.11. The van der Waals surface area contributed by atoms with Crippen molar-refractivity contribution >= 4 is 29.3 Å². The van der Waals surface area contributed by atoms with Crippen molar-refractivity contribution in [1.29, 1.82) is 0 Å². The summed E-state index contributed by atoms with van der Waals surface area (Å²) in [6.07, 6.45) is 2.93. The number of halogens is 2. The second kappa shape index (κ2) is 9.57. The van der Waals surface area contributed by atoms with Crippen LogP contribution >= 0.6 is 11.6 Å². The molecule has 2 aliphatic rings. The van der Waals surface area contributed by atoms with Crippen LogP contribution < -0.4 is 0 Å². The van der Waals surface area contributed by atoms with Crippen molar-refractivity contribution < 1.29 is 18.8 Å². The lowest BCUT2D eigenvalue weighted by Gasteiger charge is -2.39. The number of carbonyl (C=O) groups is 3. The van der Waals surface area contributed by atoms with E-state index in [2.05, 4.69) is 0 Å². The maximum absolute atomic E-state index is 14.0. The van der Waals surface area contributed by atoms with E-state index in [9.17, 15) is 18.8 Å². The fraction of sp³-hybridized carbons (Fsp3) is 0.571. The Labute approximate surface area is 175 Å². The second-order valence-electron chi connectivity index (χ2n) is 7.67. The SMILES string of the molecule is CCCC(=O)N1CCCC(C(=O)N2CCN(C(=O)c3cc(Cl)ccc3F)CC2)C1. The molecule has 1 aromatic rings. The Bertz CT molecular complexity index is 780. The summed E-state index contributed by atoms with van der Waals surface area (Å²) < 4.78 is 14.0. The van der Waals surface area contributed by atoms with E-state index in [1.54, 1.807) is 14.7 Å². The predicted molar refractivity (Wildman–Crippen MR) is 108 cm³/mol. The number of carbonyl (C=O) groups excluding carboxylic acids is 3. The van der Waals surface area contributed by atoms with Crippen LogP contribution in [0.1, 0.15) is 43.0 Å². The highest BCUT2D eigenvalue weighted by Gasteiger charge is 2.33. The van der Waals surface area contributed by atoms with E-state index in [1.807, 2.05) is 6.92 Å². The van der Waals surface area contributed by atoms with Crippen molar-refractivity contribution in [2.24, 2.45) is 5.92 Å². The molecule has 2 aliphatic heterocycles. The molecular formula is C21H27ClFN3O3. The number of nitrogens with zero attached hydrogens (tertiary/aromatic N) is 3. The van der Waals surface area contributed by atoms with Crippen LogP contribution in [0.25, 0.3) is 0 Å². The molecule has 0 radical (unpaired) electrons. The Hall–Kier alpha value is -2.15. The van der Waals surface area contributed by atoms with Crippen molar-refractivity contribution in [3.05, 3.63) is 34.6 Å². The molecule has 8 heteroatoms. The molecule has 2 saturated heterocycles. The van der Waals surface area contributed by atoms with Crippen molar-refractivity contribution in [2.45, 2.75) is 32.6 Å². The first-order valence-corrected chi connectivity index (χ1v) is 10.6. The molecule has 0 aliphatic carbocycles. The van der Waals surface area contributed by atoms with Crippen LogP contribution in [0.4, 0.5) is 4.39 Å². The highest BCUT2D eigenvalue weighted by Crippen LogP contribution is 2.22. The van der Waals surface area contributed by atoms with Gasteiger partial charge in [0.2, 0.25) is 11.8 Å². The number of hydrogen-bond acceptors (Lipinski definition) is 3. The van der Waals surface area contributed by atoms with Gasteiger partial charge >= 0.3 is 0 Å². The number of piperidine rings is 1. The summed E-state index contributed by atoms with van der Waals surface area (Å²) in [4.78, 5) is 42.8. The van der Waals surface area contributed by atoms with Crippen LogP contribution in [0.3, 0.4) is 0 Å². The fourth-order valence-electron chi connectivity index (χ4n) is 4.00. The molecule has 1 atom stereocenters. The summed E-state index contributed by atoms with van der Waals surface area (Å²) in [6.45, 7) is 4.68. The van der Waals surface area contributed by atoms with Gasteiger partial charge in [-0.25, -0.2) is 4.39 Å². The molecule has 0 bridgehead atoms. The minimum Gasteiger partial charge on any atom is -0.342 e. The number of hydrogen-bond donors (Lipinski definition) is 0. The summed E-state index contributed by atoms with van der Waals surface area (Å²) in [7, 11) is 0. The Morgan fingerprint density at radius 1 is 1.07 bits per heavy atom. The first-order valence-electron chi connectivity index (χ1n) is 10.2. The standard InChI is InChI=1S/C21H27ClFN3O3/c1-2-4-19(27)26-8-3-5-15(14-26)20(28)24-9-11-25(12-10-24)21(29)17-13-16(22)6-7-18(17)23/h6-7,13,15H,2-5,8-12,14H2,1H3. The zero-order valence-corrected chi connectivity index (χ0v) is 17.5. The van der Waals surface area contributed by atoms with E-state index in [-0.39, 0.29) is 23.3 Å². The minimum atomic E-state index is -0.600. The number of benzene rings is 1. The van der Waals surface area contributed by atoms with E-state index in [0.717, 1.165) is 25.8 Å². The molecule has 2 fully saturated rings. The maximum atomic E-state index is 14.0. The van der Waals surface area contributed by atoms with Gasteiger partial charge in [-0.1, -0.05) is 18.5 Å². The Balaban J connectivity index is 1.56. The molecule has 1 unspecified atom stereocenters. The van der Waals surface area contributed by atoms with Crippen LogP contribution in [0.5, 0.6) is 0 Å². The van der Waals surface area contributed by atoms with Gasteiger partial charge < -0.3 is 14.7 Å². The van der Waals surface area contributed by atoms with Gasteiger partial charge in [0, 0.05) is 50.7 Å². The van der Waals surface area contributed by atoms with Gasteiger partial charge in [0.15, 0.2) is 0 Å². The summed E-state index contributed by atoms with van der Waals surface area (Å²) >= 11 is 5.89. The van der Waals surface area contributed by atoms with Crippen LogP contribution in [0.15, 0.2) is 18.2 Å². The molecule has 158 valence electrons. The minimum absolute atomic E-state index is 0.0417. The van der Waals surface area contributed by atoms with Crippen LogP contribution in [-0.4, -0.2) is 71.7 Å². The third-order valence-electron chi connectivity index (χ3n) is 5.62. The molecule has 0 spiro atoms. The van der Waals surface area contributed by atoms with Gasteiger partial charge in [-0.3, -0.25) is 14.4 Å². The van der Waals surface area contributed by atoms with Gasteiger partial charge in [0.25, 0.3) is 5.91 Å². The molecule has 1 aromatic carbocycles. The number of likely N-dealkylation sites (tertiary alicyclic amines) is 1. The summed E-state index contributed by atoms with van der Waals surface area (Å²) in [5.74, 6) is -1.04. The van der Waals surface area contributed by atoms with Gasteiger partial charge in [-0.05, 0) is 37.5 Å². The van der Waals surface area contributed by atoms with Crippen molar-refractivity contribution in [3.8, 4) is 0 Å². The molecule has 0 saturated carbocycles. The number of rotatable bonds is 4. The van der Waals surface area contributed by atoms with Crippen LogP contribution in [0, 0.1) is 11.7 Å². The van der Waals surface area contributed by atoms with E-state index in [0.29, 0.717) is 44.2 Å². The van der Waals surface area contributed by atoms with Crippen molar-refractivity contribution in [2.75, 3.05) is 39.3 Å². The smallest absolute Gasteiger partial charge is 0.257 e.